The van der Waals surface area contributed by atoms with E-state index in [1.165, 1.54) is 10.4 Å². The summed E-state index contributed by atoms with van der Waals surface area (Å²) < 4.78 is 0. The first-order valence-corrected chi connectivity index (χ1v) is 8.59. The topological polar surface area (TPSA) is 76.5 Å². The molecular formula is C20H19N5O. The smallest absolute Gasteiger partial charge is 0.204 e. The minimum absolute atomic E-state index is 0.0541. The van der Waals surface area contributed by atoms with Crippen molar-refractivity contribution >= 4 is 16.7 Å². The van der Waals surface area contributed by atoms with Crippen LogP contribution in [0.15, 0.2) is 54.7 Å². The number of aromatic amines is 1. The van der Waals surface area contributed by atoms with E-state index >= 15 is 0 Å². The molecule has 130 valence electrons. The fraction of sp³-hybridized carbons (Fsp3) is 0.200. The summed E-state index contributed by atoms with van der Waals surface area (Å²) in [6.07, 6.45) is 1.73. The van der Waals surface area contributed by atoms with Gasteiger partial charge in [-0.3, -0.25) is 4.79 Å². The Labute approximate surface area is 150 Å². The molecule has 0 aliphatic carbocycles. The number of Topliss-reactive ketones (excluding diaryl/α,β-unsaturated/α-hetero) is 1. The van der Waals surface area contributed by atoms with Gasteiger partial charge in [-0.05, 0) is 22.8 Å². The Balaban J connectivity index is 1.54. The van der Waals surface area contributed by atoms with Crippen LogP contribution in [0.4, 0.5) is 0 Å². The van der Waals surface area contributed by atoms with Gasteiger partial charge < -0.3 is 4.98 Å². The van der Waals surface area contributed by atoms with Crippen LogP contribution in [0.25, 0.3) is 22.3 Å². The maximum absolute atomic E-state index is 12.6. The number of carbonyl (C=O) groups excluding carboxylic acids is 1. The van der Waals surface area contributed by atoms with Crippen molar-refractivity contribution in [3.05, 3.63) is 65.9 Å². The molecule has 4 aromatic rings. The van der Waals surface area contributed by atoms with Crippen LogP contribution >= 0.6 is 0 Å². The minimum Gasteiger partial charge on any atom is -0.360 e. The van der Waals surface area contributed by atoms with E-state index in [1.807, 2.05) is 36.4 Å². The van der Waals surface area contributed by atoms with E-state index in [-0.39, 0.29) is 12.3 Å². The number of tetrazole rings is 1. The number of hydrogen-bond acceptors (Lipinski definition) is 4. The van der Waals surface area contributed by atoms with Crippen LogP contribution in [0.2, 0.25) is 0 Å². The fourth-order valence-electron chi connectivity index (χ4n) is 2.96. The highest BCUT2D eigenvalue weighted by molar-refractivity contribution is 6.07. The number of benzene rings is 2. The molecule has 6 heteroatoms. The molecule has 0 aliphatic rings. The number of hydrogen-bond donors (Lipinski definition) is 1. The number of rotatable bonds is 5. The zero-order valence-electron chi connectivity index (χ0n) is 14.7. The Bertz CT molecular complexity index is 1060. The Morgan fingerprint density at radius 3 is 2.65 bits per heavy atom. The third-order valence-corrected chi connectivity index (χ3v) is 4.46. The van der Waals surface area contributed by atoms with Gasteiger partial charge in [0.05, 0.1) is 0 Å². The zero-order valence-corrected chi connectivity index (χ0v) is 14.7. The van der Waals surface area contributed by atoms with E-state index in [9.17, 15) is 4.79 Å². The van der Waals surface area contributed by atoms with E-state index in [2.05, 4.69) is 46.4 Å². The highest BCUT2D eigenvalue weighted by Gasteiger charge is 2.15. The zero-order chi connectivity index (χ0) is 18.1. The maximum Gasteiger partial charge on any atom is 0.204 e. The molecule has 1 N–H and O–H groups in total. The van der Waals surface area contributed by atoms with E-state index in [4.69, 9.17) is 0 Å². The number of aromatic nitrogens is 5. The average molecular weight is 345 g/mol. The van der Waals surface area contributed by atoms with Crippen LogP contribution < -0.4 is 0 Å². The second-order valence-corrected chi connectivity index (χ2v) is 6.59. The molecular weight excluding hydrogens is 326 g/mol. The summed E-state index contributed by atoms with van der Waals surface area (Å²) in [4.78, 5) is 17.1. The van der Waals surface area contributed by atoms with Crippen LogP contribution in [0.5, 0.6) is 0 Å². The van der Waals surface area contributed by atoms with Crippen LogP contribution in [0.1, 0.15) is 35.7 Å². The van der Waals surface area contributed by atoms with Crippen molar-refractivity contribution in [3.8, 4) is 11.4 Å². The van der Waals surface area contributed by atoms with Crippen molar-refractivity contribution in [2.75, 3.05) is 0 Å². The van der Waals surface area contributed by atoms with E-state index in [0.717, 1.165) is 16.5 Å². The van der Waals surface area contributed by atoms with Crippen LogP contribution in [-0.2, 0) is 6.54 Å². The summed E-state index contributed by atoms with van der Waals surface area (Å²) >= 11 is 0. The van der Waals surface area contributed by atoms with Gasteiger partial charge in [0.1, 0.15) is 6.54 Å². The van der Waals surface area contributed by atoms with Crippen molar-refractivity contribution in [2.45, 2.75) is 26.3 Å². The largest absolute Gasteiger partial charge is 0.360 e. The Morgan fingerprint density at radius 2 is 1.88 bits per heavy atom. The first kappa shape index (κ1) is 16.2. The Kier molecular flexibility index (Phi) is 4.08. The molecule has 6 nitrogen and oxygen atoms in total. The van der Waals surface area contributed by atoms with Gasteiger partial charge in [0, 0.05) is 28.2 Å². The predicted molar refractivity (Wildman–Crippen MR) is 100.0 cm³/mol. The lowest BCUT2D eigenvalue weighted by molar-refractivity contribution is 0.0963. The van der Waals surface area contributed by atoms with Gasteiger partial charge in [-0.2, -0.15) is 4.80 Å². The second-order valence-electron chi connectivity index (χ2n) is 6.59. The predicted octanol–water partition coefficient (Wildman–Crippen LogP) is 3.83. The second kappa shape index (κ2) is 6.55. The molecule has 0 spiro atoms. The molecule has 0 fully saturated rings. The minimum atomic E-state index is -0.0541. The van der Waals surface area contributed by atoms with Crippen LogP contribution in [0.3, 0.4) is 0 Å². The van der Waals surface area contributed by atoms with Crippen LogP contribution in [-0.4, -0.2) is 31.0 Å². The number of H-pyrrole nitrogens is 1. The van der Waals surface area contributed by atoms with Gasteiger partial charge in [0.15, 0.2) is 5.78 Å². The van der Waals surface area contributed by atoms with Crippen molar-refractivity contribution in [3.63, 3.8) is 0 Å². The maximum atomic E-state index is 12.6. The molecule has 2 aromatic carbocycles. The van der Waals surface area contributed by atoms with E-state index in [1.54, 1.807) is 6.20 Å². The lowest BCUT2D eigenvalue weighted by atomic mass is 10.0. The van der Waals surface area contributed by atoms with Gasteiger partial charge in [0.25, 0.3) is 0 Å². The summed E-state index contributed by atoms with van der Waals surface area (Å²) in [7, 11) is 0. The van der Waals surface area contributed by atoms with E-state index < -0.39 is 0 Å². The summed E-state index contributed by atoms with van der Waals surface area (Å²) in [6, 6.07) is 15.8. The molecule has 0 atom stereocenters. The van der Waals surface area contributed by atoms with E-state index in [0.29, 0.717) is 17.3 Å². The molecule has 0 radical (unpaired) electrons. The van der Waals surface area contributed by atoms with Gasteiger partial charge in [-0.15, -0.1) is 10.2 Å². The molecule has 0 bridgehead atoms. The summed E-state index contributed by atoms with van der Waals surface area (Å²) in [6.45, 7) is 4.36. The SMILES string of the molecule is CC(C)c1ccc(-c2nnn(CC(=O)c3c[nH]c4ccccc34)n2)cc1. The summed E-state index contributed by atoms with van der Waals surface area (Å²) in [5, 5.41) is 13.4. The molecule has 0 unspecified atom stereocenters. The van der Waals surface area contributed by atoms with Crippen molar-refractivity contribution in [1.29, 1.82) is 0 Å². The number of para-hydroxylation sites is 1. The highest BCUT2D eigenvalue weighted by atomic mass is 16.1. The first-order chi connectivity index (χ1) is 12.6. The monoisotopic (exact) mass is 345 g/mol. The standard InChI is InChI=1S/C20H19N5O/c1-13(2)14-7-9-15(10-8-14)20-22-24-25(23-20)12-19(26)17-11-21-18-6-4-3-5-16(17)18/h3-11,13,21H,12H2,1-2H3. The number of carbonyl (C=O) groups is 1. The number of fused-ring (bicyclic) bond motifs is 1. The first-order valence-electron chi connectivity index (χ1n) is 8.59. The molecule has 0 amide bonds. The summed E-state index contributed by atoms with van der Waals surface area (Å²) in [5.74, 6) is 0.940. The van der Waals surface area contributed by atoms with Crippen molar-refractivity contribution < 1.29 is 4.79 Å². The van der Waals surface area contributed by atoms with Crippen molar-refractivity contribution in [2.24, 2.45) is 0 Å². The lowest BCUT2D eigenvalue weighted by Gasteiger charge is -2.04. The van der Waals surface area contributed by atoms with Crippen LogP contribution in [0, 0.1) is 0 Å². The van der Waals surface area contributed by atoms with Gasteiger partial charge in [-0.25, -0.2) is 0 Å². The third kappa shape index (κ3) is 3.01. The normalized spacial score (nSPS) is 11.3. The molecule has 2 aromatic heterocycles. The third-order valence-electron chi connectivity index (χ3n) is 4.46. The highest BCUT2D eigenvalue weighted by Crippen LogP contribution is 2.20. The average Bonchev–Trinajstić information content (AvgIpc) is 3.28. The van der Waals surface area contributed by atoms with Gasteiger partial charge >= 0.3 is 0 Å². The Morgan fingerprint density at radius 1 is 1.12 bits per heavy atom. The van der Waals surface area contributed by atoms with Crippen molar-refractivity contribution in [1.82, 2.24) is 25.2 Å². The number of ketones is 1. The molecule has 2 heterocycles. The number of nitrogens with one attached hydrogen (secondary N) is 1. The summed E-state index contributed by atoms with van der Waals surface area (Å²) in [5.41, 5.74) is 3.73. The quantitative estimate of drug-likeness (QED) is 0.558. The molecule has 4 rings (SSSR count). The van der Waals surface area contributed by atoms with Gasteiger partial charge in [-0.1, -0.05) is 56.3 Å². The molecule has 26 heavy (non-hydrogen) atoms. The molecule has 0 saturated carbocycles. The van der Waals surface area contributed by atoms with Gasteiger partial charge in [0.2, 0.25) is 5.82 Å². The molecule has 0 aliphatic heterocycles. The fourth-order valence-corrected chi connectivity index (χ4v) is 2.96. The lowest BCUT2D eigenvalue weighted by Crippen LogP contribution is -2.13. The molecule has 0 saturated heterocycles. The number of nitrogens with zero attached hydrogens (tertiary/aromatic N) is 4. The Hall–Kier alpha value is -3.28.